The molecule has 0 bridgehead atoms. The maximum Gasteiger partial charge on any atom is 0.408 e. The molecule has 3 amide bonds. The van der Waals surface area contributed by atoms with E-state index in [9.17, 15) is 14.4 Å². The Kier molecular flexibility index (Phi) is 14.1. The number of amides is 3. The highest BCUT2D eigenvalue weighted by Crippen LogP contribution is 2.29. The van der Waals surface area contributed by atoms with Crippen LogP contribution < -0.4 is 10.6 Å². The van der Waals surface area contributed by atoms with E-state index in [1.807, 2.05) is 76.2 Å². The fourth-order valence-electron chi connectivity index (χ4n) is 4.95. The zero-order valence-corrected chi connectivity index (χ0v) is 27.1. The summed E-state index contributed by atoms with van der Waals surface area (Å²) in [6, 6.07) is 14.0. The Hall–Kier alpha value is -3.35. The number of hydrogen-bond acceptors (Lipinski definition) is 4. The fraction of sp³-hybridized carbons (Fsp3) is 0.571. The molecule has 0 fully saturated rings. The van der Waals surface area contributed by atoms with Crippen LogP contribution in [0.5, 0.6) is 0 Å². The van der Waals surface area contributed by atoms with Crippen LogP contribution in [0.1, 0.15) is 108 Å². The zero-order chi connectivity index (χ0) is 31.3. The lowest BCUT2D eigenvalue weighted by Gasteiger charge is -2.37. The number of nitrogens with zero attached hydrogens (tertiary/aromatic N) is 1. The van der Waals surface area contributed by atoms with E-state index in [4.69, 9.17) is 4.74 Å². The van der Waals surface area contributed by atoms with E-state index >= 15 is 0 Å². The smallest absolute Gasteiger partial charge is 0.408 e. The third-order valence-corrected chi connectivity index (χ3v) is 7.75. The molecule has 0 spiro atoms. The molecule has 2 aromatic rings. The van der Waals surface area contributed by atoms with Gasteiger partial charge in [-0.2, -0.15) is 0 Å². The van der Waals surface area contributed by atoms with Crippen molar-refractivity contribution in [3.63, 3.8) is 0 Å². The Morgan fingerprint density at radius 1 is 0.905 bits per heavy atom. The second-order valence-corrected chi connectivity index (χ2v) is 12.4. The standard InChI is InChI=1S/C35H53N3O4/c1-9-11-12-13-17-23-38(33(40)30(25(3)10-2)37-34(41)42-35(6,7)8)31(29-22-18-19-26(4)27(29)5)32(39)36-24-28-20-15-14-16-21-28/h14-16,18-22,25,30-31H,9-13,17,23-24H2,1-8H3,(H,36,39)(H,37,41). The minimum absolute atomic E-state index is 0.167. The Balaban J connectivity index is 2.54. The molecule has 3 atom stereocenters. The molecule has 0 saturated carbocycles. The first kappa shape index (κ1) is 34.8. The Morgan fingerprint density at radius 2 is 1.57 bits per heavy atom. The van der Waals surface area contributed by atoms with E-state index in [1.165, 1.54) is 0 Å². The van der Waals surface area contributed by atoms with Crippen LogP contribution >= 0.6 is 0 Å². The number of nitrogens with one attached hydrogen (secondary N) is 2. The second-order valence-electron chi connectivity index (χ2n) is 12.4. The van der Waals surface area contributed by atoms with Crippen molar-refractivity contribution in [2.45, 2.75) is 118 Å². The van der Waals surface area contributed by atoms with Gasteiger partial charge < -0.3 is 20.3 Å². The van der Waals surface area contributed by atoms with Crippen molar-refractivity contribution in [2.75, 3.05) is 6.54 Å². The summed E-state index contributed by atoms with van der Waals surface area (Å²) in [6.45, 7) is 16.3. The van der Waals surface area contributed by atoms with Gasteiger partial charge in [-0.25, -0.2) is 4.79 Å². The van der Waals surface area contributed by atoms with Crippen molar-refractivity contribution in [1.29, 1.82) is 0 Å². The molecule has 0 heterocycles. The number of rotatable bonds is 15. The topological polar surface area (TPSA) is 87.7 Å². The van der Waals surface area contributed by atoms with Crippen LogP contribution in [0, 0.1) is 19.8 Å². The number of alkyl carbamates (subject to hydrolysis) is 1. The van der Waals surface area contributed by atoms with Crippen LogP contribution in [-0.2, 0) is 20.9 Å². The number of unbranched alkanes of at least 4 members (excludes halogenated alkanes) is 4. The molecule has 0 aliphatic heterocycles. The summed E-state index contributed by atoms with van der Waals surface area (Å²) in [7, 11) is 0. The van der Waals surface area contributed by atoms with Gasteiger partial charge in [0.2, 0.25) is 11.8 Å². The number of carbonyl (C=O) groups excluding carboxylic acids is 3. The first-order valence-corrected chi connectivity index (χ1v) is 15.6. The van der Waals surface area contributed by atoms with Crippen LogP contribution in [-0.4, -0.2) is 41.0 Å². The van der Waals surface area contributed by atoms with E-state index in [2.05, 4.69) is 17.6 Å². The highest BCUT2D eigenvalue weighted by atomic mass is 16.6. The molecule has 0 aliphatic rings. The van der Waals surface area contributed by atoms with Crippen molar-refractivity contribution in [3.8, 4) is 0 Å². The lowest BCUT2D eigenvalue weighted by atomic mass is 9.92. The van der Waals surface area contributed by atoms with E-state index in [-0.39, 0.29) is 17.7 Å². The van der Waals surface area contributed by atoms with E-state index in [1.54, 1.807) is 25.7 Å². The van der Waals surface area contributed by atoms with Gasteiger partial charge in [-0.3, -0.25) is 9.59 Å². The molecule has 232 valence electrons. The highest BCUT2D eigenvalue weighted by Gasteiger charge is 2.38. The van der Waals surface area contributed by atoms with E-state index in [0.717, 1.165) is 54.4 Å². The predicted octanol–water partition coefficient (Wildman–Crippen LogP) is 7.40. The van der Waals surface area contributed by atoms with Crippen molar-refractivity contribution in [1.82, 2.24) is 15.5 Å². The van der Waals surface area contributed by atoms with Crippen LogP contribution in [0.4, 0.5) is 4.79 Å². The first-order chi connectivity index (χ1) is 19.9. The maximum atomic E-state index is 14.5. The quantitative estimate of drug-likeness (QED) is 0.215. The van der Waals surface area contributed by atoms with Crippen molar-refractivity contribution in [2.24, 2.45) is 5.92 Å². The molecular weight excluding hydrogens is 526 g/mol. The molecule has 7 heteroatoms. The normalized spacial score (nSPS) is 13.5. The first-order valence-electron chi connectivity index (χ1n) is 15.6. The van der Waals surface area contributed by atoms with Crippen molar-refractivity contribution < 1.29 is 19.1 Å². The SMILES string of the molecule is CCCCCCCN(C(=O)C(NC(=O)OC(C)(C)C)C(C)CC)C(C(=O)NCc1ccccc1)c1cccc(C)c1C. The molecule has 0 radical (unpaired) electrons. The molecule has 0 aliphatic carbocycles. The predicted molar refractivity (Wildman–Crippen MR) is 170 cm³/mol. The second kappa shape index (κ2) is 16.9. The van der Waals surface area contributed by atoms with Gasteiger partial charge in [-0.05, 0) is 69.2 Å². The molecule has 0 aromatic heterocycles. The summed E-state index contributed by atoms with van der Waals surface area (Å²) in [5.74, 6) is -0.680. The number of ether oxygens (including phenoxy) is 1. The summed E-state index contributed by atoms with van der Waals surface area (Å²) < 4.78 is 5.53. The molecule has 7 nitrogen and oxygen atoms in total. The summed E-state index contributed by atoms with van der Waals surface area (Å²) in [4.78, 5) is 43.2. The monoisotopic (exact) mass is 579 g/mol. The lowest BCUT2D eigenvalue weighted by Crippen LogP contribution is -2.55. The molecule has 42 heavy (non-hydrogen) atoms. The van der Waals surface area contributed by atoms with Gasteiger partial charge in [0.1, 0.15) is 17.7 Å². The van der Waals surface area contributed by atoms with Crippen molar-refractivity contribution >= 4 is 17.9 Å². The summed E-state index contributed by atoms with van der Waals surface area (Å²) in [5, 5.41) is 5.96. The Bertz CT molecular complexity index is 1140. The van der Waals surface area contributed by atoms with Gasteiger partial charge in [-0.15, -0.1) is 0 Å². The van der Waals surface area contributed by atoms with Gasteiger partial charge in [-0.1, -0.05) is 101 Å². The molecule has 0 saturated heterocycles. The Morgan fingerprint density at radius 3 is 2.19 bits per heavy atom. The zero-order valence-electron chi connectivity index (χ0n) is 27.1. The lowest BCUT2D eigenvalue weighted by molar-refractivity contribution is -0.143. The molecule has 2 aromatic carbocycles. The number of aryl methyl sites for hydroxylation is 1. The Labute approximate surface area is 253 Å². The fourth-order valence-corrected chi connectivity index (χ4v) is 4.95. The van der Waals surface area contributed by atoms with Crippen LogP contribution in [0.25, 0.3) is 0 Å². The van der Waals surface area contributed by atoms with E-state index in [0.29, 0.717) is 19.5 Å². The molecular formula is C35H53N3O4. The summed E-state index contributed by atoms with van der Waals surface area (Å²) in [5.41, 5.74) is 3.09. The molecule has 2 N–H and O–H groups in total. The van der Waals surface area contributed by atoms with Gasteiger partial charge in [0, 0.05) is 13.1 Å². The number of carbonyl (C=O) groups is 3. The van der Waals surface area contributed by atoms with Crippen LogP contribution in [0.15, 0.2) is 48.5 Å². The van der Waals surface area contributed by atoms with Crippen LogP contribution in [0.2, 0.25) is 0 Å². The van der Waals surface area contributed by atoms with Crippen molar-refractivity contribution in [3.05, 3.63) is 70.8 Å². The summed E-state index contributed by atoms with van der Waals surface area (Å²) in [6.07, 6.45) is 5.06. The molecule has 2 rings (SSSR count). The third-order valence-electron chi connectivity index (χ3n) is 7.75. The average Bonchev–Trinajstić information content (AvgIpc) is 2.94. The molecule has 3 unspecified atom stereocenters. The minimum Gasteiger partial charge on any atom is -0.444 e. The highest BCUT2D eigenvalue weighted by molar-refractivity contribution is 5.92. The minimum atomic E-state index is -0.848. The van der Waals surface area contributed by atoms with Crippen LogP contribution in [0.3, 0.4) is 0 Å². The third kappa shape index (κ3) is 10.8. The van der Waals surface area contributed by atoms with Gasteiger partial charge in [0.05, 0.1) is 0 Å². The maximum absolute atomic E-state index is 14.5. The number of benzene rings is 2. The largest absolute Gasteiger partial charge is 0.444 e. The van der Waals surface area contributed by atoms with Gasteiger partial charge in [0.25, 0.3) is 0 Å². The summed E-state index contributed by atoms with van der Waals surface area (Å²) >= 11 is 0. The average molecular weight is 580 g/mol. The number of hydrogen-bond donors (Lipinski definition) is 2. The van der Waals surface area contributed by atoms with Gasteiger partial charge in [0.15, 0.2) is 0 Å². The van der Waals surface area contributed by atoms with E-state index < -0.39 is 23.8 Å². The van der Waals surface area contributed by atoms with Gasteiger partial charge >= 0.3 is 6.09 Å².